The highest BCUT2D eigenvalue weighted by Crippen LogP contribution is 2.54. The third-order valence-corrected chi connectivity index (χ3v) is 21.1. The molecule has 8 rings (SSSR count). The van der Waals surface area contributed by atoms with E-state index in [0.717, 1.165) is 0 Å². The highest BCUT2D eigenvalue weighted by atomic mass is 31.2. The summed E-state index contributed by atoms with van der Waals surface area (Å²) in [7, 11) is -11.8. The fraction of sp³-hybridized carbons (Fsp3) is 0.556. The molecule has 0 bridgehead atoms. The van der Waals surface area contributed by atoms with Crippen LogP contribution in [0.15, 0.2) is 54.1 Å². The smallest absolute Gasteiger partial charge is 0.406 e. The summed E-state index contributed by atoms with van der Waals surface area (Å²) in [5.41, 5.74) is 0.376. The average Bonchev–Trinajstić information content (AvgIpc) is 4.11. The van der Waals surface area contributed by atoms with Crippen molar-refractivity contribution in [1.29, 1.82) is 5.26 Å². The van der Waals surface area contributed by atoms with Crippen LogP contribution in [0.25, 0.3) is 27.2 Å². The Balaban J connectivity index is 1.19. The van der Waals surface area contributed by atoms with Crippen LogP contribution in [0, 0.1) is 29.7 Å². The average molecular weight is 1060 g/mol. The quantitative estimate of drug-likeness (QED) is 0.0414. The summed E-state index contributed by atoms with van der Waals surface area (Å²) in [6.45, 7) is 21.1. The third-order valence-electron chi connectivity index (χ3n) is 13.3. The van der Waals surface area contributed by atoms with Gasteiger partial charge >= 0.3 is 15.5 Å². The van der Waals surface area contributed by atoms with Crippen LogP contribution >= 0.6 is 15.5 Å². The molecule has 5 aromatic rings. The summed E-state index contributed by atoms with van der Waals surface area (Å²) in [6, 6.07) is 8.45. The van der Waals surface area contributed by atoms with Gasteiger partial charge in [0.15, 0.2) is 42.7 Å². The van der Waals surface area contributed by atoms with Gasteiger partial charge in [-0.2, -0.15) is 5.26 Å². The number of ketones is 1. The second-order valence-corrected chi connectivity index (χ2v) is 28.0. The van der Waals surface area contributed by atoms with Crippen molar-refractivity contribution in [2.45, 2.75) is 115 Å². The van der Waals surface area contributed by atoms with Crippen molar-refractivity contribution in [3.05, 3.63) is 82.5 Å². The molecule has 28 heteroatoms. The van der Waals surface area contributed by atoms with Crippen LogP contribution in [0.3, 0.4) is 0 Å². The number of fused-ring (bicyclic) bond motifs is 4. The molecule has 3 aliphatic rings. The van der Waals surface area contributed by atoms with E-state index in [4.69, 9.17) is 38.6 Å². The number of Topliss-reactive ketones (excluding diaryl/α,β-unsaturated/α-hetero) is 1. The summed E-state index contributed by atoms with van der Waals surface area (Å²) < 4.78 is 78.8. The molecule has 3 aliphatic heterocycles. The molecule has 1 aromatic carbocycles. The van der Waals surface area contributed by atoms with Crippen LogP contribution in [0.2, 0.25) is 18.1 Å². The number of rotatable bonds is 15. The van der Waals surface area contributed by atoms with E-state index in [2.05, 4.69) is 50.2 Å². The Hall–Kier alpha value is -5.44. The van der Waals surface area contributed by atoms with E-state index in [1.807, 2.05) is 39.9 Å². The summed E-state index contributed by atoms with van der Waals surface area (Å²) in [6.07, 6.45) is -1.66. The number of amides is 1. The van der Waals surface area contributed by atoms with E-state index < -0.39 is 97.3 Å². The number of nitriles is 1. The second-order valence-electron chi connectivity index (χ2n) is 19.7. The van der Waals surface area contributed by atoms with Gasteiger partial charge in [0.25, 0.3) is 11.5 Å². The Kier molecular flexibility index (Phi) is 16.1. The molecule has 390 valence electrons. The van der Waals surface area contributed by atoms with Crippen molar-refractivity contribution in [2.75, 3.05) is 38.3 Å². The molecule has 4 N–H and O–H groups in total. The van der Waals surface area contributed by atoms with Crippen molar-refractivity contribution >= 4 is 63.6 Å². The molecule has 0 radical (unpaired) electrons. The van der Waals surface area contributed by atoms with E-state index in [1.165, 1.54) is 23.5 Å². The van der Waals surface area contributed by atoms with Crippen molar-refractivity contribution in [3.8, 4) is 6.07 Å². The first kappa shape index (κ1) is 53.8. The van der Waals surface area contributed by atoms with E-state index in [0.29, 0.717) is 5.56 Å². The van der Waals surface area contributed by atoms with Crippen molar-refractivity contribution in [1.82, 2.24) is 49.2 Å². The molecule has 0 spiro atoms. The van der Waals surface area contributed by atoms with E-state index in [1.54, 1.807) is 55.7 Å². The molecule has 0 aliphatic carbocycles. The van der Waals surface area contributed by atoms with Crippen LogP contribution in [0.5, 0.6) is 0 Å². The molecule has 4 aromatic heterocycles. The number of carbonyl (C=O) groups excluding carboxylic acids is 2. The van der Waals surface area contributed by atoms with Crippen molar-refractivity contribution < 1.29 is 50.7 Å². The van der Waals surface area contributed by atoms with Gasteiger partial charge in [-0.05, 0) is 30.3 Å². The van der Waals surface area contributed by atoms with Gasteiger partial charge in [0, 0.05) is 17.4 Å². The molecule has 2 unspecified atom stereocenters. The lowest BCUT2D eigenvalue weighted by atomic mass is 10.00. The predicted molar refractivity (Wildman–Crippen MR) is 265 cm³/mol. The molecule has 3 fully saturated rings. The minimum atomic E-state index is -4.54. The van der Waals surface area contributed by atoms with Crippen LogP contribution < -0.4 is 21.1 Å². The number of H-pyrrole nitrogens is 1. The number of hydrogen-bond donors (Lipinski definition) is 4. The number of aromatic nitrogens is 8. The lowest BCUT2D eigenvalue weighted by molar-refractivity contribution is -0.121. The minimum absolute atomic E-state index is 0.0200. The first-order chi connectivity index (χ1) is 34.6. The number of hydrogen-bond acceptors (Lipinski definition) is 18. The van der Waals surface area contributed by atoms with Gasteiger partial charge in [-0.25, -0.2) is 50.8 Å². The molecule has 0 saturated carbocycles. The zero-order valence-electron chi connectivity index (χ0n) is 41.6. The topological polar surface area (TPSA) is 304 Å². The van der Waals surface area contributed by atoms with Gasteiger partial charge < -0.3 is 29.0 Å². The van der Waals surface area contributed by atoms with E-state index >= 15 is 9.13 Å². The van der Waals surface area contributed by atoms with E-state index in [9.17, 15) is 19.6 Å². The molecule has 10 atom stereocenters. The number of ether oxygens (including phenoxy) is 2. The van der Waals surface area contributed by atoms with Crippen LogP contribution in [0.1, 0.15) is 76.6 Å². The van der Waals surface area contributed by atoms with Crippen molar-refractivity contribution in [3.63, 3.8) is 0 Å². The van der Waals surface area contributed by atoms with Crippen LogP contribution in [-0.2, 0) is 52.3 Å². The SMILES string of the molecule is [C-]#[N+]CCOP1(=O)N[C@H]2[C@@H](C)[C@H](n3cnc4c(=O)[nH]c(CC(=O)C(C)C)nc43)O[C@@H]2COP(=O)(OCCC#N)N[C@H]2[C@@H](O[Si](C)(C)C(C)(C)C)[C@H](n3cnc4c(NC(=O)c5ccccc5)ncnc43)O[C@@H]2CO1. The predicted octanol–water partition coefficient (Wildman–Crippen LogP) is 5.85. The molecule has 7 heterocycles. The Bertz CT molecular complexity index is 3080. The molecular weight excluding hydrogens is 1000 g/mol. The molecule has 25 nitrogen and oxygen atoms in total. The number of benzene rings is 1. The summed E-state index contributed by atoms with van der Waals surface area (Å²) in [4.78, 5) is 67.6. The highest BCUT2D eigenvalue weighted by molar-refractivity contribution is 7.52. The zero-order chi connectivity index (χ0) is 52.5. The van der Waals surface area contributed by atoms with Crippen LogP contribution in [-0.4, -0.2) is 122 Å². The second kappa shape index (κ2) is 21.8. The fourth-order valence-electron chi connectivity index (χ4n) is 8.33. The zero-order valence-corrected chi connectivity index (χ0v) is 44.4. The van der Waals surface area contributed by atoms with Gasteiger partial charge in [0.2, 0.25) is 6.54 Å². The maximum absolute atomic E-state index is 15.4. The highest BCUT2D eigenvalue weighted by Gasteiger charge is 2.56. The molecule has 73 heavy (non-hydrogen) atoms. The number of anilines is 1. The number of nitrogens with zero attached hydrogens (tertiary/aromatic N) is 9. The van der Waals surface area contributed by atoms with Gasteiger partial charge in [-0.3, -0.25) is 41.6 Å². The monoisotopic (exact) mass is 1060 g/mol. The standard InChI is InChI=1S/C45H59N13O12P2Si/c1-26(2)29(59)20-32-52-40-36(42(61)53-32)51-25-58(40)43-27(3)33-30(68-43)21-66-72(63,64-18-13-16-46)56-34-31(22-67-71(62,55-33)65-19-17-47-7)69-44(37(34)70-73(8,9)45(4,5)6)57-24-50-35-38(48-23-49-39(35)57)54-41(60)28-14-11-10-12-15-28/h10-12,14-15,23-27,30-31,33-34,37,43-44H,13,17-22H2,1-6,8-9H3,(H,55,62)(H,56,63)(H,52,53,61)(H,48,49,54,60)/t27-,30-,31-,33+,34-,37-,43-,44-,71?,72?/m1/s1. The van der Waals surface area contributed by atoms with E-state index in [-0.39, 0.29) is 83.3 Å². The number of aromatic amines is 1. The maximum atomic E-state index is 15.4. The Morgan fingerprint density at radius 2 is 1.58 bits per heavy atom. The molecular formula is C45H59N13O12P2Si. The Morgan fingerprint density at radius 1 is 0.945 bits per heavy atom. The van der Waals surface area contributed by atoms with Gasteiger partial charge in [-0.1, -0.05) is 59.7 Å². The Labute approximate surface area is 421 Å². The van der Waals surface area contributed by atoms with Gasteiger partial charge in [0.1, 0.15) is 49.1 Å². The fourth-order valence-corrected chi connectivity index (χ4v) is 12.9. The van der Waals surface area contributed by atoms with Gasteiger partial charge in [-0.15, -0.1) is 0 Å². The number of carbonyl (C=O) groups is 2. The largest absolute Gasteiger partial charge is 0.408 e. The summed E-state index contributed by atoms with van der Waals surface area (Å²) in [5.74, 6) is -1.32. The maximum Gasteiger partial charge on any atom is 0.406 e. The summed E-state index contributed by atoms with van der Waals surface area (Å²) >= 11 is 0. The lowest BCUT2D eigenvalue weighted by Crippen LogP contribution is -2.53. The molecule has 3 saturated heterocycles. The number of nitrogens with one attached hydrogen (secondary N) is 4. The summed E-state index contributed by atoms with van der Waals surface area (Å²) in [5, 5.41) is 18.1. The van der Waals surface area contributed by atoms with Crippen molar-refractivity contribution in [2.24, 2.45) is 11.8 Å². The Morgan fingerprint density at radius 3 is 2.23 bits per heavy atom. The number of imidazole rings is 2. The molecule has 1 amide bonds. The first-order valence-electron chi connectivity index (χ1n) is 23.7. The first-order valence-corrected chi connectivity index (χ1v) is 29.7. The minimum Gasteiger partial charge on any atom is -0.408 e. The third kappa shape index (κ3) is 11.6. The normalized spacial score (nSPS) is 27.9. The lowest BCUT2D eigenvalue weighted by Gasteiger charge is -2.41. The van der Waals surface area contributed by atoms with Gasteiger partial charge in [0.05, 0.1) is 63.5 Å². The van der Waals surface area contributed by atoms with Crippen LogP contribution in [0.4, 0.5) is 5.82 Å².